The molecular weight excluding hydrogens is 468 g/mol. The highest BCUT2D eigenvalue weighted by atomic mass is 16.7. The molecule has 1 N–H and O–H groups in total. The third-order valence-electron chi connectivity index (χ3n) is 7.55. The first-order valence-corrected chi connectivity index (χ1v) is 13.7. The van der Waals surface area contributed by atoms with E-state index >= 15 is 0 Å². The van der Waals surface area contributed by atoms with Crippen molar-refractivity contribution < 1.29 is 28.8 Å². The van der Waals surface area contributed by atoms with Crippen molar-refractivity contribution in [1.82, 2.24) is 0 Å². The molecule has 37 heavy (non-hydrogen) atoms. The molecule has 2 fully saturated rings. The zero-order valence-corrected chi connectivity index (χ0v) is 22.8. The van der Waals surface area contributed by atoms with Crippen LogP contribution in [0.4, 0.5) is 0 Å². The van der Waals surface area contributed by atoms with Gasteiger partial charge in [-0.3, -0.25) is 0 Å². The number of rotatable bonds is 11. The van der Waals surface area contributed by atoms with Gasteiger partial charge in [-0.05, 0) is 47.9 Å². The number of aliphatic hydroxyl groups is 1. The Bertz CT molecular complexity index is 930. The highest BCUT2D eigenvalue weighted by Gasteiger charge is 2.48. The molecule has 0 aromatic heterocycles. The van der Waals surface area contributed by atoms with Gasteiger partial charge in [0.05, 0.1) is 51.8 Å². The Morgan fingerprint density at radius 1 is 0.892 bits per heavy atom. The molecule has 2 saturated heterocycles. The Hall–Kier alpha value is -1.96. The number of ether oxygens (including phenoxy) is 5. The summed E-state index contributed by atoms with van der Waals surface area (Å²) in [5.41, 5.74) is 2.24. The fourth-order valence-corrected chi connectivity index (χ4v) is 5.80. The van der Waals surface area contributed by atoms with Crippen LogP contribution in [-0.4, -0.2) is 49.5 Å². The quantitative estimate of drug-likeness (QED) is 0.413. The van der Waals surface area contributed by atoms with Crippen molar-refractivity contribution in [3.05, 3.63) is 65.7 Å². The molecule has 2 aromatic rings. The van der Waals surface area contributed by atoms with Crippen molar-refractivity contribution in [1.29, 1.82) is 0 Å². The molecule has 0 unspecified atom stereocenters. The van der Waals surface area contributed by atoms with E-state index < -0.39 is 11.9 Å². The van der Waals surface area contributed by atoms with Crippen LogP contribution in [0.2, 0.25) is 0 Å². The second-order valence-electron chi connectivity index (χ2n) is 11.2. The minimum absolute atomic E-state index is 0.0308. The monoisotopic (exact) mass is 512 g/mol. The van der Waals surface area contributed by atoms with Crippen molar-refractivity contribution in [2.45, 2.75) is 83.8 Å². The van der Waals surface area contributed by atoms with Crippen LogP contribution in [0.25, 0.3) is 0 Å². The van der Waals surface area contributed by atoms with Crippen LogP contribution in [-0.2, 0) is 32.2 Å². The number of methoxy groups -OCH3 is 1. The van der Waals surface area contributed by atoms with Gasteiger partial charge in [0.15, 0.2) is 5.79 Å². The highest BCUT2D eigenvalue weighted by molar-refractivity contribution is 5.26. The fourth-order valence-electron chi connectivity index (χ4n) is 5.80. The molecule has 204 valence electrons. The number of aliphatic hydroxyl groups excluding tert-OH is 1. The van der Waals surface area contributed by atoms with Gasteiger partial charge < -0.3 is 28.8 Å². The molecule has 6 nitrogen and oxygen atoms in total. The van der Waals surface area contributed by atoms with E-state index in [0.717, 1.165) is 42.6 Å². The van der Waals surface area contributed by atoms with Gasteiger partial charge in [0.2, 0.25) is 0 Å². The summed E-state index contributed by atoms with van der Waals surface area (Å²) in [6.45, 7) is 8.61. The molecule has 6 heteroatoms. The number of hydrogen-bond donors (Lipinski definition) is 1. The summed E-state index contributed by atoms with van der Waals surface area (Å²) in [4.78, 5) is 0. The SMILES string of the molecule is COc1ccc(COC[C@@H]2C[C@@H](C)C[C@]3(C[C@@H](C)C[C@@H]([C@@H](O)[C@@H](C)COCc4ccccc4)O3)O2)cc1. The maximum Gasteiger partial charge on any atom is 0.169 e. The van der Waals surface area contributed by atoms with E-state index in [9.17, 15) is 5.11 Å². The van der Waals surface area contributed by atoms with E-state index in [-0.39, 0.29) is 18.1 Å². The second kappa shape index (κ2) is 13.2. The minimum atomic E-state index is -0.667. The van der Waals surface area contributed by atoms with Crippen LogP contribution in [0.15, 0.2) is 54.6 Å². The van der Waals surface area contributed by atoms with Gasteiger partial charge in [-0.15, -0.1) is 0 Å². The van der Waals surface area contributed by atoms with Crippen LogP contribution >= 0.6 is 0 Å². The van der Waals surface area contributed by atoms with Gasteiger partial charge in [0.1, 0.15) is 5.75 Å². The maximum absolute atomic E-state index is 11.2. The molecule has 0 bridgehead atoms. The molecule has 2 aromatic carbocycles. The molecule has 0 aliphatic carbocycles. The summed E-state index contributed by atoms with van der Waals surface area (Å²) in [7, 11) is 1.67. The molecule has 0 amide bonds. The smallest absolute Gasteiger partial charge is 0.169 e. The Morgan fingerprint density at radius 3 is 2.24 bits per heavy atom. The fraction of sp³-hybridized carbons (Fsp3) is 0.613. The molecule has 2 aliphatic heterocycles. The van der Waals surface area contributed by atoms with Gasteiger partial charge >= 0.3 is 0 Å². The normalized spacial score (nSPS) is 29.6. The summed E-state index contributed by atoms with van der Waals surface area (Å²) >= 11 is 0. The molecule has 0 saturated carbocycles. The van der Waals surface area contributed by atoms with Crippen molar-refractivity contribution in [3.8, 4) is 5.75 Å². The average molecular weight is 513 g/mol. The molecular formula is C31H44O6. The van der Waals surface area contributed by atoms with Crippen molar-refractivity contribution in [3.63, 3.8) is 0 Å². The lowest BCUT2D eigenvalue weighted by atomic mass is 9.81. The van der Waals surface area contributed by atoms with Crippen molar-refractivity contribution in [2.75, 3.05) is 20.3 Å². The molecule has 2 heterocycles. The van der Waals surface area contributed by atoms with Crippen LogP contribution in [0.5, 0.6) is 5.75 Å². The first-order chi connectivity index (χ1) is 17.9. The molecule has 0 radical (unpaired) electrons. The lowest BCUT2D eigenvalue weighted by molar-refractivity contribution is -0.344. The first-order valence-electron chi connectivity index (χ1n) is 13.7. The summed E-state index contributed by atoms with van der Waals surface area (Å²) < 4.78 is 30.4. The Balaban J connectivity index is 1.29. The van der Waals surface area contributed by atoms with E-state index in [1.54, 1.807) is 7.11 Å². The molecule has 2 aliphatic rings. The predicted octanol–water partition coefficient (Wildman–Crippen LogP) is 5.75. The Morgan fingerprint density at radius 2 is 1.54 bits per heavy atom. The lowest BCUT2D eigenvalue weighted by Crippen LogP contribution is -2.55. The molecule has 4 rings (SSSR count). The number of benzene rings is 2. The predicted molar refractivity (Wildman–Crippen MR) is 143 cm³/mol. The summed E-state index contributed by atoms with van der Waals surface area (Å²) in [6, 6.07) is 18.1. The molecule has 7 atom stereocenters. The third-order valence-corrected chi connectivity index (χ3v) is 7.55. The largest absolute Gasteiger partial charge is 0.497 e. The highest BCUT2D eigenvalue weighted by Crippen LogP contribution is 2.44. The molecule has 1 spiro atoms. The van der Waals surface area contributed by atoms with Gasteiger partial charge in [-0.25, -0.2) is 0 Å². The lowest BCUT2D eigenvalue weighted by Gasteiger charge is -2.50. The minimum Gasteiger partial charge on any atom is -0.497 e. The van der Waals surface area contributed by atoms with Crippen LogP contribution in [0.3, 0.4) is 0 Å². The van der Waals surface area contributed by atoms with Crippen molar-refractivity contribution >= 4 is 0 Å². The Labute approximate surface area is 222 Å². The van der Waals surface area contributed by atoms with E-state index in [2.05, 4.69) is 26.0 Å². The summed E-state index contributed by atoms with van der Waals surface area (Å²) in [5, 5.41) is 11.2. The van der Waals surface area contributed by atoms with E-state index in [0.29, 0.717) is 38.3 Å². The average Bonchev–Trinajstić information content (AvgIpc) is 2.88. The summed E-state index contributed by atoms with van der Waals surface area (Å²) in [5.74, 6) is 0.989. The van der Waals surface area contributed by atoms with Crippen molar-refractivity contribution in [2.24, 2.45) is 17.8 Å². The second-order valence-corrected chi connectivity index (χ2v) is 11.2. The van der Waals surface area contributed by atoms with Crippen LogP contribution < -0.4 is 4.74 Å². The zero-order chi connectivity index (χ0) is 26.3. The van der Waals surface area contributed by atoms with E-state index in [1.807, 2.05) is 49.4 Å². The third kappa shape index (κ3) is 8.01. The van der Waals surface area contributed by atoms with Gasteiger partial charge in [-0.1, -0.05) is 63.2 Å². The van der Waals surface area contributed by atoms with E-state index in [4.69, 9.17) is 23.7 Å². The van der Waals surface area contributed by atoms with Crippen LogP contribution in [0, 0.1) is 17.8 Å². The van der Waals surface area contributed by atoms with Gasteiger partial charge in [0, 0.05) is 18.8 Å². The number of hydrogen-bond acceptors (Lipinski definition) is 6. The zero-order valence-electron chi connectivity index (χ0n) is 22.8. The first kappa shape index (κ1) is 28.1. The standard InChI is InChI=1S/C31H44O6/c1-22-14-28(21-35-20-26-10-12-27(33-4)13-11-26)36-31(16-22)17-23(2)15-29(37-31)30(32)24(3)18-34-19-25-8-6-5-7-9-25/h5-13,22-24,28-30,32H,14-21H2,1-4H3/t22-,23+,24+,28+,29+,30+,31+/m1/s1. The summed E-state index contributed by atoms with van der Waals surface area (Å²) in [6.07, 6.45) is 2.53. The van der Waals surface area contributed by atoms with Gasteiger partial charge in [0.25, 0.3) is 0 Å². The topological polar surface area (TPSA) is 66.4 Å². The van der Waals surface area contributed by atoms with E-state index in [1.165, 1.54) is 0 Å². The van der Waals surface area contributed by atoms with Crippen LogP contribution in [0.1, 0.15) is 57.6 Å². The Kier molecular flexibility index (Phi) is 10.0. The maximum atomic E-state index is 11.2. The van der Waals surface area contributed by atoms with Gasteiger partial charge in [-0.2, -0.15) is 0 Å².